The molecule has 1 amide bonds. The van der Waals surface area contributed by atoms with E-state index in [0.717, 1.165) is 46.9 Å². The molecule has 4 aromatic rings. The maximum atomic E-state index is 13.3. The summed E-state index contributed by atoms with van der Waals surface area (Å²) in [5.41, 5.74) is 1.04. The van der Waals surface area contributed by atoms with Crippen LogP contribution >= 0.6 is 11.9 Å². The lowest BCUT2D eigenvalue weighted by atomic mass is 9.91. The third-order valence-corrected chi connectivity index (χ3v) is 6.56. The van der Waals surface area contributed by atoms with Crippen LogP contribution in [0.1, 0.15) is 43.6 Å². The average molecular weight is 439 g/mol. The summed E-state index contributed by atoms with van der Waals surface area (Å²) in [7, 11) is 0. The van der Waals surface area contributed by atoms with Gasteiger partial charge in [0.1, 0.15) is 0 Å². The Bertz CT molecular complexity index is 1260. The number of hydrogen-bond acceptors (Lipinski definition) is 3. The molecular weight excluding hydrogens is 412 g/mol. The van der Waals surface area contributed by atoms with E-state index in [1.807, 2.05) is 30.3 Å². The van der Waals surface area contributed by atoms with Crippen LogP contribution in [-0.2, 0) is 4.79 Å². The Morgan fingerprint density at radius 3 is 2.19 bits per heavy atom. The molecule has 0 aliphatic rings. The van der Waals surface area contributed by atoms with Gasteiger partial charge in [-0.05, 0) is 64.0 Å². The highest BCUT2D eigenvalue weighted by molar-refractivity contribution is 7.98. The SMILES string of the molecule is N#CCCCCCC(C(=O)NSc1ccc2ccccc2c1)c1ccc2ccccc2c1. The topological polar surface area (TPSA) is 52.9 Å². The summed E-state index contributed by atoms with van der Waals surface area (Å²) in [6.07, 6.45) is 4.11. The normalized spacial score (nSPS) is 11.8. The number of benzene rings is 4. The first-order valence-electron chi connectivity index (χ1n) is 11.1. The molecule has 4 heteroatoms. The van der Waals surface area contributed by atoms with Gasteiger partial charge in [-0.1, -0.05) is 85.6 Å². The van der Waals surface area contributed by atoms with Crippen molar-refractivity contribution in [1.82, 2.24) is 4.72 Å². The number of nitrogens with one attached hydrogen (secondary N) is 1. The summed E-state index contributed by atoms with van der Waals surface area (Å²) in [5, 5.41) is 13.4. The van der Waals surface area contributed by atoms with Crippen LogP contribution < -0.4 is 4.72 Å². The monoisotopic (exact) mass is 438 g/mol. The molecule has 0 saturated carbocycles. The highest BCUT2D eigenvalue weighted by atomic mass is 32.2. The van der Waals surface area contributed by atoms with Gasteiger partial charge in [-0.3, -0.25) is 9.52 Å². The van der Waals surface area contributed by atoms with Crippen molar-refractivity contribution in [2.24, 2.45) is 0 Å². The number of hydrogen-bond donors (Lipinski definition) is 1. The van der Waals surface area contributed by atoms with Crippen LogP contribution in [0.5, 0.6) is 0 Å². The fourth-order valence-corrected chi connectivity index (χ4v) is 4.70. The van der Waals surface area contributed by atoms with Gasteiger partial charge < -0.3 is 0 Å². The molecular formula is C28H26N2OS. The largest absolute Gasteiger partial charge is 0.295 e. The smallest absolute Gasteiger partial charge is 0.237 e. The van der Waals surface area contributed by atoms with Crippen LogP contribution in [0.15, 0.2) is 89.8 Å². The standard InChI is InChI=1S/C28H26N2OS/c29-18-8-2-1-3-13-27(25-15-14-21-9-4-6-11-23(21)19-25)28(31)30-32-26-17-16-22-10-5-7-12-24(22)20-26/h4-7,9-12,14-17,19-20,27H,1-3,8,13H2,(H,30,31). The third-order valence-electron chi connectivity index (χ3n) is 5.76. The Balaban J connectivity index is 1.49. The summed E-state index contributed by atoms with van der Waals surface area (Å²) in [6, 6.07) is 31.2. The molecule has 0 fully saturated rings. The van der Waals surface area contributed by atoms with Crippen molar-refractivity contribution in [3.8, 4) is 6.07 Å². The Morgan fingerprint density at radius 2 is 1.47 bits per heavy atom. The van der Waals surface area contributed by atoms with E-state index in [2.05, 4.69) is 65.4 Å². The molecule has 0 heterocycles. The van der Waals surface area contributed by atoms with Crippen LogP contribution in [0.2, 0.25) is 0 Å². The number of nitriles is 1. The van der Waals surface area contributed by atoms with E-state index < -0.39 is 0 Å². The van der Waals surface area contributed by atoms with Crippen LogP contribution in [0.4, 0.5) is 0 Å². The van der Waals surface area contributed by atoms with Gasteiger partial charge in [-0.2, -0.15) is 5.26 Å². The minimum atomic E-state index is -0.213. The molecule has 1 atom stereocenters. The van der Waals surface area contributed by atoms with Crippen LogP contribution in [0.25, 0.3) is 21.5 Å². The lowest BCUT2D eigenvalue weighted by Crippen LogP contribution is -2.24. The Kier molecular flexibility index (Phi) is 7.42. The first-order valence-corrected chi connectivity index (χ1v) is 11.9. The molecule has 0 spiro atoms. The third kappa shape index (κ3) is 5.49. The van der Waals surface area contributed by atoms with Gasteiger partial charge in [-0.25, -0.2) is 0 Å². The van der Waals surface area contributed by atoms with Crippen LogP contribution in [0, 0.1) is 11.3 Å². The van der Waals surface area contributed by atoms with Crippen molar-refractivity contribution < 1.29 is 4.79 Å². The van der Waals surface area contributed by atoms with Gasteiger partial charge in [-0.15, -0.1) is 0 Å². The van der Waals surface area contributed by atoms with Gasteiger partial charge in [0.25, 0.3) is 0 Å². The second kappa shape index (κ2) is 10.8. The Labute approximate surface area is 193 Å². The van der Waals surface area contributed by atoms with Crippen molar-refractivity contribution in [3.05, 3.63) is 90.5 Å². The summed E-state index contributed by atoms with van der Waals surface area (Å²) >= 11 is 1.37. The Morgan fingerprint density at radius 1 is 0.812 bits per heavy atom. The predicted octanol–water partition coefficient (Wildman–Crippen LogP) is 7.37. The summed E-state index contributed by atoms with van der Waals surface area (Å²) < 4.78 is 3.09. The molecule has 0 aliphatic heterocycles. The highest BCUT2D eigenvalue weighted by Crippen LogP contribution is 2.29. The zero-order valence-electron chi connectivity index (χ0n) is 18.0. The molecule has 160 valence electrons. The maximum absolute atomic E-state index is 13.3. The predicted molar refractivity (Wildman–Crippen MR) is 133 cm³/mol. The lowest BCUT2D eigenvalue weighted by molar-refractivity contribution is -0.120. The fourth-order valence-electron chi connectivity index (χ4n) is 4.01. The minimum Gasteiger partial charge on any atom is -0.295 e. The highest BCUT2D eigenvalue weighted by Gasteiger charge is 2.21. The number of unbranched alkanes of at least 4 members (excludes halogenated alkanes) is 3. The van der Waals surface area contributed by atoms with E-state index in [4.69, 9.17) is 5.26 Å². The zero-order valence-corrected chi connectivity index (χ0v) is 18.8. The minimum absolute atomic E-state index is 0.0266. The van der Waals surface area contributed by atoms with E-state index >= 15 is 0 Å². The molecule has 4 rings (SSSR count). The Hall–Kier alpha value is -3.29. The molecule has 0 radical (unpaired) electrons. The van der Waals surface area contributed by atoms with Crippen LogP contribution in [-0.4, -0.2) is 5.91 Å². The maximum Gasteiger partial charge on any atom is 0.237 e. The van der Waals surface area contributed by atoms with Crippen molar-refractivity contribution >= 4 is 39.4 Å². The van der Waals surface area contributed by atoms with E-state index in [1.54, 1.807) is 0 Å². The molecule has 32 heavy (non-hydrogen) atoms. The van der Waals surface area contributed by atoms with E-state index in [1.165, 1.54) is 22.7 Å². The van der Waals surface area contributed by atoms with E-state index in [-0.39, 0.29) is 11.8 Å². The molecule has 0 aliphatic carbocycles. The molecule has 3 nitrogen and oxygen atoms in total. The van der Waals surface area contributed by atoms with Crippen molar-refractivity contribution in [2.45, 2.75) is 42.9 Å². The summed E-state index contributed by atoms with van der Waals surface area (Å²) in [6.45, 7) is 0. The van der Waals surface area contributed by atoms with Crippen molar-refractivity contribution in [1.29, 1.82) is 5.26 Å². The fraction of sp³-hybridized carbons (Fsp3) is 0.214. The molecule has 1 N–H and O–H groups in total. The number of fused-ring (bicyclic) bond motifs is 2. The number of amides is 1. The van der Waals surface area contributed by atoms with E-state index in [9.17, 15) is 4.79 Å². The van der Waals surface area contributed by atoms with Gasteiger partial charge in [0.2, 0.25) is 5.91 Å². The van der Waals surface area contributed by atoms with E-state index in [0.29, 0.717) is 6.42 Å². The summed E-state index contributed by atoms with van der Waals surface area (Å²) in [5.74, 6) is -0.187. The first kappa shape index (κ1) is 21.9. The van der Waals surface area contributed by atoms with Crippen molar-refractivity contribution in [2.75, 3.05) is 0 Å². The zero-order chi connectivity index (χ0) is 22.2. The van der Waals surface area contributed by atoms with Gasteiger partial charge in [0, 0.05) is 11.3 Å². The summed E-state index contributed by atoms with van der Waals surface area (Å²) in [4.78, 5) is 14.3. The molecule has 0 saturated heterocycles. The molecule has 0 bridgehead atoms. The lowest BCUT2D eigenvalue weighted by Gasteiger charge is -2.18. The quantitative estimate of drug-likeness (QED) is 0.219. The number of nitrogens with zero attached hydrogens (tertiary/aromatic N) is 1. The second-order valence-electron chi connectivity index (χ2n) is 7.99. The van der Waals surface area contributed by atoms with Crippen LogP contribution in [0.3, 0.4) is 0 Å². The number of carbonyl (C=O) groups excluding carboxylic acids is 1. The average Bonchev–Trinajstić information content (AvgIpc) is 2.84. The molecule has 1 unspecified atom stereocenters. The molecule has 4 aromatic carbocycles. The van der Waals surface area contributed by atoms with Gasteiger partial charge in [0.05, 0.1) is 12.0 Å². The molecule has 0 aromatic heterocycles. The van der Waals surface area contributed by atoms with Gasteiger partial charge in [0.15, 0.2) is 0 Å². The first-order chi connectivity index (χ1) is 15.7. The second-order valence-corrected chi connectivity index (χ2v) is 8.87. The number of rotatable bonds is 9. The number of carbonyl (C=O) groups is 1. The van der Waals surface area contributed by atoms with Gasteiger partial charge >= 0.3 is 0 Å². The van der Waals surface area contributed by atoms with Crippen molar-refractivity contribution in [3.63, 3.8) is 0 Å².